The predicted octanol–water partition coefficient (Wildman–Crippen LogP) is 5.16. The molecule has 0 amide bonds. The molecule has 3 nitrogen and oxygen atoms in total. The second-order valence-electron chi connectivity index (χ2n) is 5.28. The van der Waals surface area contributed by atoms with Crippen LogP contribution in [0.25, 0.3) is 0 Å². The van der Waals surface area contributed by atoms with E-state index < -0.39 is 0 Å². The van der Waals surface area contributed by atoms with Crippen LogP contribution in [0, 0.1) is 0 Å². The van der Waals surface area contributed by atoms with Gasteiger partial charge >= 0.3 is 0 Å². The lowest BCUT2D eigenvalue weighted by Gasteiger charge is -2.04. The molecule has 0 aromatic heterocycles. The zero-order valence-corrected chi connectivity index (χ0v) is 14.9. The fourth-order valence-electron chi connectivity index (χ4n) is 2.29. The highest BCUT2D eigenvalue weighted by Gasteiger charge is 2.15. The zero-order valence-electron chi connectivity index (χ0n) is 13.3. The summed E-state index contributed by atoms with van der Waals surface area (Å²) in [7, 11) is 0. The standard InChI is InChI=1S/C21H15BrN2O/c22-19-14-8-7-13-18(19)15-23-24-20(16-9-3-1-4-10-16)21(25)17-11-5-2-6-12-17/h1-15H/b23-15-,24-20+. The van der Waals surface area contributed by atoms with Gasteiger partial charge in [-0.1, -0.05) is 94.8 Å². The minimum Gasteiger partial charge on any atom is -0.287 e. The third kappa shape index (κ3) is 4.37. The van der Waals surface area contributed by atoms with Crippen molar-refractivity contribution in [3.05, 3.63) is 106 Å². The van der Waals surface area contributed by atoms with Gasteiger partial charge in [-0.25, -0.2) is 0 Å². The third-order valence-electron chi connectivity index (χ3n) is 3.56. The van der Waals surface area contributed by atoms with Crippen LogP contribution in [-0.4, -0.2) is 17.7 Å². The fraction of sp³-hybridized carbons (Fsp3) is 0. The van der Waals surface area contributed by atoms with E-state index in [1.54, 1.807) is 18.3 Å². The van der Waals surface area contributed by atoms with E-state index in [-0.39, 0.29) is 5.78 Å². The monoisotopic (exact) mass is 390 g/mol. The van der Waals surface area contributed by atoms with Crippen molar-refractivity contribution in [3.63, 3.8) is 0 Å². The molecule has 0 atom stereocenters. The van der Waals surface area contributed by atoms with E-state index >= 15 is 0 Å². The highest BCUT2D eigenvalue weighted by molar-refractivity contribution is 9.10. The van der Waals surface area contributed by atoms with Gasteiger partial charge in [0, 0.05) is 21.2 Å². The minimum atomic E-state index is -0.156. The van der Waals surface area contributed by atoms with Crippen molar-refractivity contribution in [1.82, 2.24) is 0 Å². The van der Waals surface area contributed by atoms with Crippen LogP contribution < -0.4 is 0 Å². The maximum atomic E-state index is 12.8. The summed E-state index contributed by atoms with van der Waals surface area (Å²) < 4.78 is 0.921. The summed E-state index contributed by atoms with van der Waals surface area (Å²) in [5.74, 6) is -0.156. The maximum Gasteiger partial charge on any atom is 0.213 e. The molecule has 0 aliphatic rings. The topological polar surface area (TPSA) is 41.8 Å². The summed E-state index contributed by atoms with van der Waals surface area (Å²) in [5, 5.41) is 8.36. The van der Waals surface area contributed by atoms with Gasteiger partial charge in [-0.05, 0) is 6.07 Å². The Labute approximate surface area is 154 Å². The average Bonchev–Trinajstić information content (AvgIpc) is 2.67. The molecule has 0 aliphatic carbocycles. The highest BCUT2D eigenvalue weighted by atomic mass is 79.9. The Hall–Kier alpha value is -2.85. The number of carbonyl (C=O) groups is 1. The first-order valence-corrected chi connectivity index (χ1v) is 8.56. The summed E-state index contributed by atoms with van der Waals surface area (Å²) in [6.07, 6.45) is 1.63. The summed E-state index contributed by atoms with van der Waals surface area (Å²) >= 11 is 3.47. The van der Waals surface area contributed by atoms with E-state index in [0.717, 1.165) is 15.6 Å². The first-order valence-electron chi connectivity index (χ1n) is 7.76. The molecule has 25 heavy (non-hydrogen) atoms. The van der Waals surface area contributed by atoms with Crippen LogP contribution in [0.3, 0.4) is 0 Å². The molecule has 0 aliphatic heterocycles. The lowest BCUT2D eigenvalue weighted by atomic mass is 10.0. The quantitative estimate of drug-likeness (QED) is 0.337. The molecule has 0 spiro atoms. The van der Waals surface area contributed by atoms with Gasteiger partial charge in [0.1, 0.15) is 5.71 Å². The molecule has 3 rings (SSSR count). The van der Waals surface area contributed by atoms with Crippen molar-refractivity contribution in [2.75, 3.05) is 0 Å². The van der Waals surface area contributed by atoms with Crippen LogP contribution >= 0.6 is 15.9 Å². The van der Waals surface area contributed by atoms with Gasteiger partial charge in [-0.3, -0.25) is 4.79 Å². The second kappa shape index (κ2) is 8.31. The smallest absolute Gasteiger partial charge is 0.213 e. The van der Waals surface area contributed by atoms with Crippen molar-refractivity contribution in [2.24, 2.45) is 10.2 Å². The number of Topliss-reactive ketones (excluding diaryl/α,β-unsaturated/α-hetero) is 1. The van der Waals surface area contributed by atoms with Crippen LogP contribution in [0.15, 0.2) is 99.6 Å². The van der Waals surface area contributed by atoms with Crippen molar-refractivity contribution >= 4 is 33.6 Å². The predicted molar refractivity (Wildman–Crippen MR) is 105 cm³/mol. The molecule has 0 unspecified atom stereocenters. The molecule has 0 saturated carbocycles. The summed E-state index contributed by atoms with van der Waals surface area (Å²) in [5.41, 5.74) is 2.53. The van der Waals surface area contributed by atoms with Gasteiger partial charge in [0.2, 0.25) is 5.78 Å². The van der Waals surface area contributed by atoms with Crippen molar-refractivity contribution in [3.8, 4) is 0 Å². The Morgan fingerprint density at radius 1 is 0.760 bits per heavy atom. The van der Waals surface area contributed by atoms with E-state index in [2.05, 4.69) is 26.1 Å². The number of halogens is 1. The fourth-order valence-corrected chi connectivity index (χ4v) is 2.67. The number of rotatable bonds is 5. The Balaban J connectivity index is 1.97. The molecule has 0 N–H and O–H groups in total. The van der Waals surface area contributed by atoms with Crippen LogP contribution in [0.1, 0.15) is 21.5 Å². The number of nitrogens with zero attached hydrogens (tertiary/aromatic N) is 2. The van der Waals surface area contributed by atoms with Crippen LogP contribution in [0.4, 0.5) is 0 Å². The lowest BCUT2D eigenvalue weighted by molar-refractivity contribution is 0.106. The first-order chi connectivity index (χ1) is 12.3. The van der Waals surface area contributed by atoms with Crippen molar-refractivity contribution in [2.45, 2.75) is 0 Å². The Bertz CT molecular complexity index is 919. The first kappa shape index (κ1) is 17.0. The van der Waals surface area contributed by atoms with Gasteiger partial charge < -0.3 is 0 Å². The molecule has 4 heteroatoms. The summed E-state index contributed by atoms with van der Waals surface area (Å²) in [6.45, 7) is 0. The molecule has 122 valence electrons. The minimum absolute atomic E-state index is 0.156. The molecule has 3 aromatic rings. The summed E-state index contributed by atoms with van der Waals surface area (Å²) in [4.78, 5) is 12.8. The number of ketones is 1. The number of hydrogen-bond donors (Lipinski definition) is 0. The van der Waals surface area contributed by atoms with E-state index in [1.807, 2.05) is 72.8 Å². The molecule has 3 aromatic carbocycles. The summed E-state index contributed by atoms with van der Waals surface area (Å²) in [6, 6.07) is 26.2. The largest absolute Gasteiger partial charge is 0.287 e. The van der Waals surface area contributed by atoms with Gasteiger partial charge in [-0.2, -0.15) is 5.10 Å². The van der Waals surface area contributed by atoms with E-state index in [9.17, 15) is 4.79 Å². The zero-order chi connectivity index (χ0) is 17.5. The van der Waals surface area contributed by atoms with E-state index in [0.29, 0.717) is 11.3 Å². The maximum absolute atomic E-state index is 12.8. The highest BCUT2D eigenvalue weighted by Crippen LogP contribution is 2.14. The van der Waals surface area contributed by atoms with Gasteiger partial charge in [0.25, 0.3) is 0 Å². The van der Waals surface area contributed by atoms with E-state index in [4.69, 9.17) is 0 Å². The Morgan fingerprint density at radius 3 is 1.96 bits per heavy atom. The van der Waals surface area contributed by atoms with Crippen molar-refractivity contribution < 1.29 is 4.79 Å². The van der Waals surface area contributed by atoms with Gasteiger partial charge in [0.15, 0.2) is 0 Å². The SMILES string of the molecule is O=C(/C(=N/N=C\c1ccccc1Br)c1ccccc1)c1ccccc1. The van der Waals surface area contributed by atoms with Gasteiger partial charge in [-0.15, -0.1) is 5.10 Å². The molecular weight excluding hydrogens is 376 g/mol. The molecular formula is C21H15BrN2O. The average molecular weight is 391 g/mol. The second-order valence-corrected chi connectivity index (χ2v) is 6.13. The van der Waals surface area contributed by atoms with Crippen LogP contribution in [0.2, 0.25) is 0 Å². The molecule has 0 fully saturated rings. The number of hydrogen-bond acceptors (Lipinski definition) is 3. The Morgan fingerprint density at radius 2 is 1.32 bits per heavy atom. The van der Waals surface area contributed by atoms with Crippen LogP contribution in [-0.2, 0) is 0 Å². The molecule has 0 radical (unpaired) electrons. The molecule has 0 heterocycles. The Kier molecular flexibility index (Phi) is 5.65. The third-order valence-corrected chi connectivity index (χ3v) is 4.28. The van der Waals surface area contributed by atoms with Crippen molar-refractivity contribution in [1.29, 1.82) is 0 Å². The number of benzene rings is 3. The van der Waals surface area contributed by atoms with E-state index in [1.165, 1.54) is 0 Å². The molecule has 0 bridgehead atoms. The van der Waals surface area contributed by atoms with Crippen LogP contribution in [0.5, 0.6) is 0 Å². The number of carbonyl (C=O) groups excluding carboxylic acids is 1. The molecule has 0 saturated heterocycles. The normalized spacial score (nSPS) is 11.6. The van der Waals surface area contributed by atoms with Gasteiger partial charge in [0.05, 0.1) is 6.21 Å². The lowest BCUT2D eigenvalue weighted by Crippen LogP contribution is -2.15.